The molecule has 1 aromatic heterocycles. The zero-order chi connectivity index (χ0) is 16.2. The van der Waals surface area contributed by atoms with Gasteiger partial charge in [-0.1, -0.05) is 28.1 Å². The van der Waals surface area contributed by atoms with E-state index in [2.05, 4.69) is 15.9 Å². The maximum absolute atomic E-state index is 11.8. The maximum atomic E-state index is 11.8. The van der Waals surface area contributed by atoms with Crippen LogP contribution in [0.1, 0.15) is 5.56 Å². The third-order valence-electron chi connectivity index (χ3n) is 3.09. The van der Waals surface area contributed by atoms with Crippen molar-refractivity contribution in [2.75, 3.05) is 0 Å². The topological polar surface area (TPSA) is 56.5 Å². The number of esters is 1. The van der Waals surface area contributed by atoms with Crippen LogP contribution in [0.3, 0.4) is 0 Å². The van der Waals surface area contributed by atoms with Gasteiger partial charge in [0.2, 0.25) is 0 Å². The van der Waals surface area contributed by atoms with Crippen LogP contribution < -0.4 is 10.4 Å². The van der Waals surface area contributed by atoms with E-state index >= 15 is 0 Å². The fraction of sp³-hybridized carbons (Fsp3) is 0. The van der Waals surface area contributed by atoms with Gasteiger partial charge in [-0.2, -0.15) is 0 Å². The molecule has 3 aromatic rings. The smallest absolute Gasteiger partial charge is 0.336 e. The Hall–Kier alpha value is -2.66. The second-order valence-electron chi connectivity index (χ2n) is 4.76. The van der Waals surface area contributed by atoms with Gasteiger partial charge in [0, 0.05) is 28.1 Å². The Kier molecular flexibility index (Phi) is 4.39. The number of benzene rings is 2. The van der Waals surface area contributed by atoms with Gasteiger partial charge in [-0.15, -0.1) is 0 Å². The molecule has 3 rings (SSSR count). The Morgan fingerprint density at radius 3 is 2.57 bits per heavy atom. The van der Waals surface area contributed by atoms with Gasteiger partial charge < -0.3 is 9.15 Å². The molecular formula is C18H11BrO4. The fourth-order valence-electron chi connectivity index (χ4n) is 1.99. The van der Waals surface area contributed by atoms with Gasteiger partial charge in [-0.05, 0) is 42.0 Å². The van der Waals surface area contributed by atoms with E-state index in [1.165, 1.54) is 18.2 Å². The lowest BCUT2D eigenvalue weighted by Crippen LogP contribution is -2.03. The molecule has 0 amide bonds. The lowest BCUT2D eigenvalue weighted by Gasteiger charge is -2.02. The second-order valence-corrected chi connectivity index (χ2v) is 5.68. The van der Waals surface area contributed by atoms with Crippen LogP contribution >= 0.6 is 15.9 Å². The summed E-state index contributed by atoms with van der Waals surface area (Å²) in [5.41, 5.74) is 0.811. The summed E-state index contributed by atoms with van der Waals surface area (Å²) in [6.45, 7) is 0. The number of carbonyl (C=O) groups is 1. The van der Waals surface area contributed by atoms with Crippen LogP contribution in [-0.2, 0) is 4.79 Å². The number of halogens is 1. The van der Waals surface area contributed by atoms with Crippen LogP contribution in [0.5, 0.6) is 5.75 Å². The number of rotatable bonds is 3. The van der Waals surface area contributed by atoms with Crippen molar-refractivity contribution >= 4 is 38.9 Å². The van der Waals surface area contributed by atoms with Gasteiger partial charge in [-0.25, -0.2) is 9.59 Å². The number of hydrogen-bond donors (Lipinski definition) is 0. The fourth-order valence-corrected chi connectivity index (χ4v) is 2.26. The number of carbonyl (C=O) groups excluding carboxylic acids is 1. The van der Waals surface area contributed by atoms with Crippen molar-refractivity contribution in [2.45, 2.75) is 0 Å². The molecule has 0 N–H and O–H groups in total. The molecule has 5 heteroatoms. The first kappa shape index (κ1) is 15.2. The summed E-state index contributed by atoms with van der Waals surface area (Å²) in [5.74, 6) is -0.192. The van der Waals surface area contributed by atoms with Gasteiger partial charge in [0.1, 0.15) is 11.3 Å². The largest absolute Gasteiger partial charge is 0.423 e. The van der Waals surface area contributed by atoms with Crippen LogP contribution in [0.15, 0.2) is 74.4 Å². The van der Waals surface area contributed by atoms with Crippen molar-refractivity contribution in [2.24, 2.45) is 0 Å². The molecule has 0 atom stereocenters. The summed E-state index contributed by atoms with van der Waals surface area (Å²) in [7, 11) is 0. The molecule has 0 aliphatic carbocycles. The first-order chi connectivity index (χ1) is 11.1. The molecule has 0 radical (unpaired) electrons. The zero-order valence-corrected chi connectivity index (χ0v) is 13.4. The van der Waals surface area contributed by atoms with E-state index in [0.29, 0.717) is 11.3 Å². The highest BCUT2D eigenvalue weighted by Crippen LogP contribution is 2.19. The molecule has 114 valence electrons. The van der Waals surface area contributed by atoms with E-state index in [1.54, 1.807) is 24.3 Å². The minimum Gasteiger partial charge on any atom is -0.423 e. The Balaban J connectivity index is 1.74. The summed E-state index contributed by atoms with van der Waals surface area (Å²) in [5, 5.41) is 0.759. The second kappa shape index (κ2) is 6.62. The lowest BCUT2D eigenvalue weighted by molar-refractivity contribution is -0.128. The molecule has 0 fully saturated rings. The Morgan fingerprint density at radius 2 is 1.78 bits per heavy atom. The highest BCUT2D eigenvalue weighted by Gasteiger charge is 2.04. The zero-order valence-electron chi connectivity index (χ0n) is 11.9. The van der Waals surface area contributed by atoms with Crippen molar-refractivity contribution in [1.29, 1.82) is 0 Å². The molecule has 23 heavy (non-hydrogen) atoms. The van der Waals surface area contributed by atoms with Crippen LogP contribution in [-0.4, -0.2) is 5.97 Å². The van der Waals surface area contributed by atoms with Crippen molar-refractivity contribution < 1.29 is 13.9 Å². The summed E-state index contributed by atoms with van der Waals surface area (Å²) < 4.78 is 11.2. The van der Waals surface area contributed by atoms with Crippen LogP contribution in [0.25, 0.3) is 17.0 Å². The maximum Gasteiger partial charge on any atom is 0.336 e. The predicted octanol–water partition coefficient (Wildman–Crippen LogP) is 4.17. The lowest BCUT2D eigenvalue weighted by atomic mass is 10.2. The average molecular weight is 371 g/mol. The minimum atomic E-state index is -0.509. The molecule has 0 spiro atoms. The number of ether oxygens (including phenoxy) is 1. The normalized spacial score (nSPS) is 11.0. The molecule has 0 aliphatic heterocycles. The monoisotopic (exact) mass is 370 g/mol. The van der Waals surface area contributed by atoms with Gasteiger partial charge in [0.25, 0.3) is 0 Å². The van der Waals surface area contributed by atoms with Crippen molar-refractivity contribution in [3.8, 4) is 5.75 Å². The first-order valence-corrected chi connectivity index (χ1v) is 7.59. The summed E-state index contributed by atoms with van der Waals surface area (Å²) in [6, 6.07) is 15.4. The van der Waals surface area contributed by atoms with Gasteiger partial charge >= 0.3 is 11.6 Å². The van der Waals surface area contributed by atoms with Crippen LogP contribution in [0.2, 0.25) is 0 Å². The molecule has 0 bridgehead atoms. The SMILES string of the molecule is O=C(/C=C/c1ccc(Br)cc1)Oc1ccc2ccc(=O)oc2c1. The van der Waals surface area contributed by atoms with Crippen molar-refractivity contribution in [3.63, 3.8) is 0 Å². The molecule has 4 nitrogen and oxygen atoms in total. The standard InChI is InChI=1S/C18H11BrO4/c19-14-6-1-12(2-7-14)3-9-17(20)22-15-8-4-13-5-10-18(21)23-16(13)11-15/h1-11H/b9-3+. The Morgan fingerprint density at radius 1 is 1.04 bits per heavy atom. The minimum absolute atomic E-state index is 0.317. The van der Waals surface area contributed by atoms with Gasteiger partial charge in [-0.3, -0.25) is 0 Å². The van der Waals surface area contributed by atoms with Gasteiger partial charge in [0.15, 0.2) is 0 Å². The van der Waals surface area contributed by atoms with E-state index in [9.17, 15) is 9.59 Å². The van der Waals surface area contributed by atoms with Gasteiger partial charge in [0.05, 0.1) is 0 Å². The molecular weight excluding hydrogens is 360 g/mol. The van der Waals surface area contributed by atoms with E-state index < -0.39 is 11.6 Å². The molecule has 0 unspecified atom stereocenters. The molecule has 0 saturated carbocycles. The Bertz CT molecular complexity index is 939. The van der Waals surface area contributed by atoms with E-state index in [4.69, 9.17) is 9.15 Å². The quantitative estimate of drug-likeness (QED) is 0.300. The molecule has 1 heterocycles. The summed E-state index contributed by atoms with van der Waals surface area (Å²) in [6.07, 6.45) is 3.00. The van der Waals surface area contributed by atoms with Crippen molar-refractivity contribution in [3.05, 3.63) is 81.1 Å². The van der Waals surface area contributed by atoms with E-state index in [0.717, 1.165) is 15.4 Å². The molecule has 0 aliphatic rings. The number of hydrogen-bond acceptors (Lipinski definition) is 4. The first-order valence-electron chi connectivity index (χ1n) is 6.79. The van der Waals surface area contributed by atoms with E-state index in [-0.39, 0.29) is 0 Å². The average Bonchev–Trinajstić information content (AvgIpc) is 2.54. The van der Waals surface area contributed by atoms with E-state index in [1.807, 2.05) is 24.3 Å². The summed E-state index contributed by atoms with van der Waals surface area (Å²) >= 11 is 3.35. The highest BCUT2D eigenvalue weighted by molar-refractivity contribution is 9.10. The van der Waals surface area contributed by atoms with Crippen molar-refractivity contribution in [1.82, 2.24) is 0 Å². The third kappa shape index (κ3) is 3.96. The van der Waals surface area contributed by atoms with Crippen LogP contribution in [0, 0.1) is 0 Å². The predicted molar refractivity (Wildman–Crippen MR) is 91.3 cm³/mol. The Labute approximate surface area is 140 Å². The molecule has 0 saturated heterocycles. The number of fused-ring (bicyclic) bond motifs is 1. The highest BCUT2D eigenvalue weighted by atomic mass is 79.9. The third-order valence-corrected chi connectivity index (χ3v) is 3.62. The van der Waals surface area contributed by atoms with Crippen LogP contribution in [0.4, 0.5) is 0 Å². The molecule has 2 aromatic carbocycles. The summed E-state index contributed by atoms with van der Waals surface area (Å²) in [4.78, 5) is 23.1.